The van der Waals surface area contributed by atoms with Crippen molar-refractivity contribution in [2.45, 2.75) is 76.4 Å². The maximum absolute atomic E-state index is 13.0. The highest BCUT2D eigenvalue weighted by atomic mass is 35.5. The molecule has 2 aliphatic rings. The summed E-state index contributed by atoms with van der Waals surface area (Å²) in [7, 11) is 0. The summed E-state index contributed by atoms with van der Waals surface area (Å²) >= 11 is 11.0. The van der Waals surface area contributed by atoms with Gasteiger partial charge in [0.25, 0.3) is 0 Å². The molecule has 0 bridgehead atoms. The minimum atomic E-state index is -1.36. The van der Waals surface area contributed by atoms with Gasteiger partial charge in [-0.1, -0.05) is 23.2 Å². The standard InChI is InChI=1S/C26H41Cl2N3O6S/c1-24(2,3)37-23(33)31-13-26(34,14-31)15-36-16-30-9-7-17(8-10-30)22(29-38(35)25(4,5)6)18-11-19(27)20(28)12-21(18)32/h11-12,17,22,29,32,34H,7-10,13-16H2,1-6H3/t22-,38?/m1/s1. The number of nitrogens with zero attached hydrogens (tertiary/aromatic N) is 2. The first-order valence-electron chi connectivity index (χ1n) is 12.8. The number of rotatable bonds is 8. The SMILES string of the molecule is CC(C)(C)OC(=O)N1CC(O)(COCN2CCC([C@@H](N[S+]([O-])C(C)(C)C)c3cc(Cl)c(Cl)cc3O)CC2)C1. The average molecular weight is 595 g/mol. The third-order valence-corrected chi connectivity index (χ3v) is 8.87. The fourth-order valence-corrected chi connectivity index (χ4v) is 5.73. The van der Waals surface area contributed by atoms with Gasteiger partial charge in [0.1, 0.15) is 21.7 Å². The summed E-state index contributed by atoms with van der Waals surface area (Å²) in [5, 5.41) is 21.9. The van der Waals surface area contributed by atoms with E-state index in [1.54, 1.807) is 26.8 Å². The molecule has 1 aromatic carbocycles. The van der Waals surface area contributed by atoms with Crippen LogP contribution in [0.15, 0.2) is 12.1 Å². The van der Waals surface area contributed by atoms with Crippen molar-refractivity contribution in [2.75, 3.05) is 39.5 Å². The summed E-state index contributed by atoms with van der Waals surface area (Å²) in [5.74, 6) is 0.113. The first kappa shape index (κ1) is 31.5. The van der Waals surface area contributed by atoms with Crippen LogP contribution < -0.4 is 4.72 Å². The van der Waals surface area contributed by atoms with Gasteiger partial charge >= 0.3 is 6.09 Å². The lowest BCUT2D eigenvalue weighted by Gasteiger charge is -2.46. The molecule has 1 amide bonds. The number of β-amino-alcohol motifs (C(OH)–C–C–N with tert-alkyl or cyclic N) is 1. The van der Waals surface area contributed by atoms with E-state index in [4.69, 9.17) is 32.7 Å². The van der Waals surface area contributed by atoms with E-state index < -0.39 is 33.4 Å². The van der Waals surface area contributed by atoms with E-state index in [0.717, 1.165) is 25.9 Å². The zero-order chi connectivity index (χ0) is 28.5. The van der Waals surface area contributed by atoms with Gasteiger partial charge in [0.2, 0.25) is 0 Å². The number of carbonyl (C=O) groups excluding carboxylic acids is 1. The fourth-order valence-electron chi connectivity index (χ4n) is 4.50. The number of likely N-dealkylation sites (tertiary alicyclic amines) is 2. The Hall–Kier alpha value is -0.980. The van der Waals surface area contributed by atoms with Gasteiger partial charge in [-0.2, -0.15) is 0 Å². The van der Waals surface area contributed by atoms with Crippen molar-refractivity contribution < 1.29 is 29.0 Å². The largest absolute Gasteiger partial charge is 0.598 e. The second kappa shape index (κ2) is 12.3. The van der Waals surface area contributed by atoms with Crippen LogP contribution in [0.4, 0.5) is 4.79 Å². The molecule has 2 fully saturated rings. The van der Waals surface area contributed by atoms with Crippen molar-refractivity contribution in [3.05, 3.63) is 27.7 Å². The second-order valence-electron chi connectivity index (χ2n) is 12.3. The number of aromatic hydroxyl groups is 1. The number of ether oxygens (including phenoxy) is 2. The number of piperidine rings is 1. The molecule has 2 aliphatic heterocycles. The van der Waals surface area contributed by atoms with E-state index in [2.05, 4.69) is 9.62 Å². The first-order chi connectivity index (χ1) is 17.5. The van der Waals surface area contributed by atoms with Crippen LogP contribution in [0, 0.1) is 5.92 Å². The zero-order valence-corrected chi connectivity index (χ0v) is 25.4. The van der Waals surface area contributed by atoms with Crippen molar-refractivity contribution >= 4 is 40.7 Å². The van der Waals surface area contributed by atoms with Gasteiger partial charge in [0.15, 0.2) is 0 Å². The molecule has 2 atom stereocenters. The number of phenolic OH excluding ortho intramolecular Hbond substituents is 1. The minimum absolute atomic E-state index is 0.0164. The Labute approximate surface area is 239 Å². The first-order valence-corrected chi connectivity index (χ1v) is 14.7. The Kier molecular flexibility index (Phi) is 10.2. The highest BCUT2D eigenvalue weighted by Gasteiger charge is 2.45. The van der Waals surface area contributed by atoms with Crippen LogP contribution in [0.5, 0.6) is 5.75 Å². The summed E-state index contributed by atoms with van der Waals surface area (Å²) in [4.78, 5) is 15.7. The molecule has 0 aromatic heterocycles. The predicted molar refractivity (Wildman–Crippen MR) is 150 cm³/mol. The summed E-state index contributed by atoms with van der Waals surface area (Å²) in [6.45, 7) is 13.4. The van der Waals surface area contributed by atoms with Gasteiger partial charge in [-0.05, 0) is 66.4 Å². The number of nitrogens with one attached hydrogen (secondary N) is 1. The van der Waals surface area contributed by atoms with Crippen molar-refractivity contribution in [3.63, 3.8) is 0 Å². The number of carbonyl (C=O) groups is 1. The number of amides is 1. The highest BCUT2D eigenvalue weighted by Crippen LogP contribution is 2.40. The molecule has 12 heteroatoms. The Morgan fingerprint density at radius 1 is 1.18 bits per heavy atom. The van der Waals surface area contributed by atoms with Gasteiger partial charge < -0.3 is 29.1 Å². The molecule has 3 rings (SSSR count). The molecule has 3 N–H and O–H groups in total. The van der Waals surface area contributed by atoms with Crippen molar-refractivity contribution in [2.24, 2.45) is 5.92 Å². The molecular weight excluding hydrogens is 553 g/mol. The number of hydrogen-bond donors (Lipinski definition) is 3. The molecule has 1 unspecified atom stereocenters. The van der Waals surface area contributed by atoms with E-state index in [1.807, 2.05) is 20.8 Å². The monoisotopic (exact) mass is 593 g/mol. The van der Waals surface area contributed by atoms with E-state index in [1.165, 1.54) is 11.0 Å². The van der Waals surface area contributed by atoms with Crippen molar-refractivity contribution in [1.29, 1.82) is 0 Å². The Bertz CT molecular complexity index is 973. The van der Waals surface area contributed by atoms with Gasteiger partial charge in [-0.3, -0.25) is 4.90 Å². The minimum Gasteiger partial charge on any atom is -0.598 e. The maximum atomic E-state index is 13.0. The Morgan fingerprint density at radius 3 is 2.32 bits per heavy atom. The molecule has 0 saturated carbocycles. The third kappa shape index (κ3) is 8.51. The molecule has 2 heterocycles. The number of hydrogen-bond acceptors (Lipinski definition) is 8. The summed E-state index contributed by atoms with van der Waals surface area (Å²) < 4.78 is 26.9. The molecule has 9 nitrogen and oxygen atoms in total. The highest BCUT2D eigenvalue weighted by molar-refractivity contribution is 7.90. The molecule has 1 aromatic rings. The van der Waals surface area contributed by atoms with Crippen LogP contribution in [-0.2, 0) is 20.8 Å². The quantitative estimate of drug-likeness (QED) is 0.378. The number of aliphatic hydroxyl groups is 1. The van der Waals surface area contributed by atoms with E-state index >= 15 is 0 Å². The second-order valence-corrected chi connectivity index (χ2v) is 15.1. The third-order valence-electron chi connectivity index (χ3n) is 6.57. The summed E-state index contributed by atoms with van der Waals surface area (Å²) in [5.41, 5.74) is -1.08. The number of phenols is 1. The maximum Gasteiger partial charge on any atom is 0.410 e. The molecule has 0 spiro atoms. The zero-order valence-electron chi connectivity index (χ0n) is 23.1. The summed E-state index contributed by atoms with van der Waals surface area (Å²) in [6, 6.07) is 2.69. The number of halogens is 2. The van der Waals surface area contributed by atoms with Gasteiger partial charge in [0, 0.05) is 36.1 Å². The molecule has 2 saturated heterocycles. The van der Waals surface area contributed by atoms with Crippen LogP contribution in [0.1, 0.15) is 66.0 Å². The topological polar surface area (TPSA) is 118 Å². The van der Waals surface area contributed by atoms with E-state index in [0.29, 0.717) is 17.3 Å². The summed E-state index contributed by atoms with van der Waals surface area (Å²) in [6.07, 6.45) is 1.12. The lowest BCUT2D eigenvalue weighted by molar-refractivity contribution is -0.147. The number of benzene rings is 1. The van der Waals surface area contributed by atoms with Gasteiger partial charge in [-0.25, -0.2) is 4.79 Å². The van der Waals surface area contributed by atoms with Crippen LogP contribution in [0.3, 0.4) is 0 Å². The fraction of sp³-hybridized carbons (Fsp3) is 0.731. The lowest BCUT2D eigenvalue weighted by Crippen LogP contribution is -2.66. The molecule has 0 radical (unpaired) electrons. The van der Waals surface area contributed by atoms with Gasteiger partial charge in [0.05, 0.1) is 42.5 Å². The normalized spacial score (nSPS) is 20.6. The van der Waals surface area contributed by atoms with Crippen LogP contribution in [0.25, 0.3) is 0 Å². The average Bonchev–Trinajstić information content (AvgIpc) is 2.77. The van der Waals surface area contributed by atoms with Crippen molar-refractivity contribution in [3.8, 4) is 5.75 Å². The molecule has 0 aliphatic carbocycles. The van der Waals surface area contributed by atoms with E-state index in [-0.39, 0.29) is 42.4 Å². The van der Waals surface area contributed by atoms with Crippen LogP contribution in [-0.4, -0.2) is 86.1 Å². The van der Waals surface area contributed by atoms with E-state index in [9.17, 15) is 19.6 Å². The predicted octanol–water partition coefficient (Wildman–Crippen LogP) is 4.46. The molecule has 38 heavy (non-hydrogen) atoms. The molecule has 216 valence electrons. The van der Waals surface area contributed by atoms with Crippen molar-refractivity contribution in [1.82, 2.24) is 14.5 Å². The van der Waals surface area contributed by atoms with Crippen LogP contribution >= 0.6 is 23.2 Å². The smallest absolute Gasteiger partial charge is 0.410 e. The lowest BCUT2D eigenvalue weighted by atomic mass is 9.85. The Balaban J connectivity index is 1.52. The van der Waals surface area contributed by atoms with Gasteiger partial charge in [-0.15, -0.1) is 4.72 Å². The molecular formula is C26H41Cl2N3O6S. The Morgan fingerprint density at radius 2 is 1.76 bits per heavy atom. The van der Waals surface area contributed by atoms with Crippen LogP contribution in [0.2, 0.25) is 10.0 Å².